The molecule has 0 fully saturated rings. The maximum Gasteiger partial charge on any atom is 0.0773 e. The molecule has 1 atom stereocenters. The summed E-state index contributed by atoms with van der Waals surface area (Å²) in [7, 11) is 1.72. The predicted molar refractivity (Wildman–Crippen MR) is 79.8 cm³/mol. The molecule has 0 aliphatic rings. The van der Waals surface area contributed by atoms with Crippen LogP contribution in [0.15, 0.2) is 65.7 Å². The fourth-order valence-electron chi connectivity index (χ4n) is 1.96. The van der Waals surface area contributed by atoms with Gasteiger partial charge in [0.1, 0.15) is 0 Å². The van der Waals surface area contributed by atoms with Crippen LogP contribution in [0.2, 0.25) is 0 Å². The monoisotopic (exact) mass is 253 g/mol. The highest BCUT2D eigenvalue weighted by Gasteiger charge is 2.06. The summed E-state index contributed by atoms with van der Waals surface area (Å²) in [5.41, 5.74) is 2.41. The van der Waals surface area contributed by atoms with Crippen molar-refractivity contribution >= 4 is 6.21 Å². The van der Waals surface area contributed by atoms with Crippen molar-refractivity contribution in [1.29, 1.82) is 0 Å². The number of methoxy groups -OCH3 is 1. The Labute approximate surface area is 114 Å². The Kier molecular flexibility index (Phi) is 5.32. The normalized spacial score (nSPS) is 12.7. The summed E-state index contributed by atoms with van der Waals surface area (Å²) < 4.78 is 5.25. The third kappa shape index (κ3) is 4.68. The number of rotatable bonds is 6. The van der Waals surface area contributed by atoms with Gasteiger partial charge in [-0.05, 0) is 17.5 Å². The number of hydrogen-bond donors (Lipinski definition) is 0. The molecule has 98 valence electrons. The Bertz CT molecular complexity index is 493. The van der Waals surface area contributed by atoms with E-state index >= 15 is 0 Å². The molecular formula is C17H19NO. The average Bonchev–Trinajstić information content (AvgIpc) is 2.47. The smallest absolute Gasteiger partial charge is 0.0773 e. The van der Waals surface area contributed by atoms with Crippen molar-refractivity contribution in [3.63, 3.8) is 0 Å². The van der Waals surface area contributed by atoms with Gasteiger partial charge >= 0.3 is 0 Å². The molecule has 19 heavy (non-hydrogen) atoms. The van der Waals surface area contributed by atoms with Crippen molar-refractivity contribution in [2.45, 2.75) is 12.5 Å². The van der Waals surface area contributed by atoms with Crippen LogP contribution < -0.4 is 0 Å². The topological polar surface area (TPSA) is 21.6 Å². The number of ether oxygens (including phenoxy) is 1. The Morgan fingerprint density at radius 3 is 2.26 bits per heavy atom. The van der Waals surface area contributed by atoms with Crippen LogP contribution >= 0.6 is 0 Å². The summed E-state index contributed by atoms with van der Waals surface area (Å²) in [6.45, 7) is 0.637. The van der Waals surface area contributed by atoms with Gasteiger partial charge in [-0.25, -0.2) is 0 Å². The lowest BCUT2D eigenvalue weighted by atomic mass is 10.1. The lowest BCUT2D eigenvalue weighted by molar-refractivity contribution is 0.181. The fraction of sp³-hybridized carbons (Fsp3) is 0.235. The Morgan fingerprint density at radius 1 is 1.00 bits per heavy atom. The summed E-state index contributed by atoms with van der Waals surface area (Å²) in [5, 5.41) is 0. The SMILES string of the molecule is COC[C@H](Cc1ccccc1)N=Cc1ccccc1. The summed E-state index contributed by atoms with van der Waals surface area (Å²) >= 11 is 0. The zero-order valence-electron chi connectivity index (χ0n) is 11.2. The number of benzene rings is 2. The van der Waals surface area contributed by atoms with Crippen LogP contribution in [0.4, 0.5) is 0 Å². The minimum absolute atomic E-state index is 0.160. The van der Waals surface area contributed by atoms with E-state index in [1.54, 1.807) is 7.11 Å². The maximum absolute atomic E-state index is 5.25. The van der Waals surface area contributed by atoms with Crippen molar-refractivity contribution in [1.82, 2.24) is 0 Å². The van der Waals surface area contributed by atoms with E-state index in [2.05, 4.69) is 41.4 Å². The quantitative estimate of drug-likeness (QED) is 0.723. The van der Waals surface area contributed by atoms with Gasteiger partial charge in [-0.15, -0.1) is 0 Å². The van der Waals surface area contributed by atoms with Crippen LogP contribution in [0, 0.1) is 0 Å². The number of aliphatic imine (C=N–C) groups is 1. The molecule has 2 aromatic rings. The van der Waals surface area contributed by atoms with Crippen molar-refractivity contribution in [3.8, 4) is 0 Å². The molecule has 0 N–H and O–H groups in total. The van der Waals surface area contributed by atoms with Gasteiger partial charge in [-0.1, -0.05) is 60.7 Å². The summed E-state index contributed by atoms with van der Waals surface area (Å²) in [5.74, 6) is 0. The summed E-state index contributed by atoms with van der Waals surface area (Å²) in [6, 6.07) is 20.7. The first-order chi connectivity index (χ1) is 9.38. The van der Waals surface area contributed by atoms with Gasteiger partial charge < -0.3 is 4.74 Å². The Balaban J connectivity index is 2.02. The molecule has 0 spiro atoms. The van der Waals surface area contributed by atoms with E-state index in [1.165, 1.54) is 5.56 Å². The van der Waals surface area contributed by atoms with Crippen LogP contribution in [0.3, 0.4) is 0 Å². The van der Waals surface area contributed by atoms with Crippen LogP contribution in [-0.4, -0.2) is 26.0 Å². The highest BCUT2D eigenvalue weighted by molar-refractivity contribution is 5.79. The maximum atomic E-state index is 5.25. The lowest BCUT2D eigenvalue weighted by Gasteiger charge is -2.11. The van der Waals surface area contributed by atoms with Crippen LogP contribution in [0.5, 0.6) is 0 Å². The van der Waals surface area contributed by atoms with Gasteiger partial charge in [0, 0.05) is 13.3 Å². The standard InChI is InChI=1S/C17H19NO/c1-19-14-17(12-15-8-4-2-5-9-15)18-13-16-10-6-3-7-11-16/h2-11,13,17H,12,14H2,1H3/t17-/m0/s1. The van der Waals surface area contributed by atoms with Crippen LogP contribution in [-0.2, 0) is 11.2 Å². The van der Waals surface area contributed by atoms with Crippen molar-refractivity contribution < 1.29 is 4.74 Å². The zero-order chi connectivity index (χ0) is 13.3. The second-order valence-electron chi connectivity index (χ2n) is 4.49. The molecule has 0 unspecified atom stereocenters. The van der Waals surface area contributed by atoms with E-state index in [4.69, 9.17) is 4.74 Å². The van der Waals surface area contributed by atoms with Gasteiger partial charge in [0.2, 0.25) is 0 Å². The van der Waals surface area contributed by atoms with E-state index < -0.39 is 0 Å². The van der Waals surface area contributed by atoms with Gasteiger partial charge in [-0.3, -0.25) is 4.99 Å². The lowest BCUT2D eigenvalue weighted by Crippen LogP contribution is -2.15. The van der Waals surface area contributed by atoms with E-state index in [1.807, 2.05) is 30.5 Å². The van der Waals surface area contributed by atoms with Crippen molar-refractivity contribution in [2.75, 3.05) is 13.7 Å². The fourth-order valence-corrected chi connectivity index (χ4v) is 1.96. The number of nitrogens with zero attached hydrogens (tertiary/aromatic N) is 1. The Morgan fingerprint density at radius 2 is 1.63 bits per heavy atom. The molecule has 0 aliphatic heterocycles. The molecule has 0 saturated carbocycles. The highest BCUT2D eigenvalue weighted by atomic mass is 16.5. The first kappa shape index (κ1) is 13.5. The second-order valence-corrected chi connectivity index (χ2v) is 4.49. The van der Waals surface area contributed by atoms with Crippen molar-refractivity contribution in [3.05, 3.63) is 71.8 Å². The molecule has 0 saturated heterocycles. The van der Waals surface area contributed by atoms with E-state index in [0.717, 1.165) is 12.0 Å². The predicted octanol–water partition coefficient (Wildman–Crippen LogP) is 3.36. The largest absolute Gasteiger partial charge is 0.382 e. The minimum Gasteiger partial charge on any atom is -0.382 e. The van der Waals surface area contributed by atoms with Gasteiger partial charge in [0.05, 0.1) is 12.6 Å². The van der Waals surface area contributed by atoms with E-state index in [0.29, 0.717) is 6.61 Å². The molecule has 2 nitrogen and oxygen atoms in total. The minimum atomic E-state index is 0.160. The molecule has 0 aliphatic carbocycles. The second kappa shape index (κ2) is 7.49. The molecule has 2 aromatic carbocycles. The summed E-state index contributed by atoms with van der Waals surface area (Å²) in [6.07, 6.45) is 2.82. The molecular weight excluding hydrogens is 234 g/mol. The molecule has 2 rings (SSSR count). The molecule has 0 bridgehead atoms. The molecule has 0 amide bonds. The van der Waals surface area contributed by atoms with E-state index in [-0.39, 0.29) is 6.04 Å². The van der Waals surface area contributed by atoms with Crippen LogP contribution in [0.1, 0.15) is 11.1 Å². The third-order valence-corrected chi connectivity index (χ3v) is 2.91. The van der Waals surface area contributed by atoms with Gasteiger partial charge in [0.25, 0.3) is 0 Å². The summed E-state index contributed by atoms with van der Waals surface area (Å²) in [4.78, 5) is 4.63. The third-order valence-electron chi connectivity index (χ3n) is 2.91. The molecule has 0 aromatic heterocycles. The van der Waals surface area contributed by atoms with Crippen LogP contribution in [0.25, 0.3) is 0 Å². The van der Waals surface area contributed by atoms with E-state index in [9.17, 15) is 0 Å². The zero-order valence-corrected chi connectivity index (χ0v) is 11.2. The first-order valence-corrected chi connectivity index (χ1v) is 6.49. The van der Waals surface area contributed by atoms with Gasteiger partial charge in [-0.2, -0.15) is 0 Å². The van der Waals surface area contributed by atoms with Crippen molar-refractivity contribution in [2.24, 2.45) is 4.99 Å². The Hall–Kier alpha value is -1.93. The molecule has 2 heteroatoms. The molecule has 0 heterocycles. The molecule has 0 radical (unpaired) electrons. The van der Waals surface area contributed by atoms with Gasteiger partial charge in [0.15, 0.2) is 0 Å². The number of hydrogen-bond acceptors (Lipinski definition) is 2. The highest BCUT2D eigenvalue weighted by Crippen LogP contribution is 2.07. The first-order valence-electron chi connectivity index (χ1n) is 6.49. The average molecular weight is 253 g/mol.